The average molecular weight is 343 g/mol. The zero-order chi connectivity index (χ0) is 15.8. The van der Waals surface area contributed by atoms with Crippen LogP contribution in [0.2, 0.25) is 0 Å². The number of hydrogen-bond acceptors (Lipinski definition) is 4. The van der Waals surface area contributed by atoms with Gasteiger partial charge in [-0.1, -0.05) is 13.3 Å². The van der Waals surface area contributed by atoms with Crippen LogP contribution in [0.5, 0.6) is 11.5 Å². The molecule has 0 aliphatic heterocycles. The fourth-order valence-corrected chi connectivity index (χ4v) is 2.09. The minimum atomic E-state index is -0.0609. The van der Waals surface area contributed by atoms with Crippen molar-refractivity contribution < 1.29 is 14.3 Å². The Morgan fingerprint density at radius 3 is 2.78 bits per heavy atom. The lowest BCUT2D eigenvalue weighted by molar-refractivity contribution is -0.115. The maximum Gasteiger partial charge on any atom is 0.238 e. The zero-order valence-corrected chi connectivity index (χ0v) is 14.7. The lowest BCUT2D eigenvalue weighted by atomic mass is 10.2. The van der Waals surface area contributed by atoms with Crippen LogP contribution in [0.25, 0.3) is 0 Å². The van der Waals surface area contributed by atoms with Crippen molar-refractivity contribution in [3.8, 4) is 11.5 Å². The number of ether oxygens (including phenoxy) is 2. The zero-order valence-electron chi connectivity index (χ0n) is 13.9. The molecule has 0 spiro atoms. The van der Waals surface area contributed by atoms with Crippen molar-refractivity contribution in [3.63, 3.8) is 0 Å². The minimum Gasteiger partial charge on any atom is -0.497 e. The first-order chi connectivity index (χ1) is 10.7. The van der Waals surface area contributed by atoms with E-state index in [1.807, 2.05) is 12.1 Å². The molecule has 0 atom stereocenters. The van der Waals surface area contributed by atoms with E-state index in [9.17, 15) is 4.79 Å². The molecule has 1 fully saturated rings. The molecule has 5 nitrogen and oxygen atoms in total. The van der Waals surface area contributed by atoms with Crippen LogP contribution >= 0.6 is 12.4 Å². The standard InChI is InChI=1S/C17H26N2O3.ClH/c1-3-4-9-22-16-8-7-14(21-2)10-15(16)19-17(20)12-18-11-13-5-6-13;/h7-8,10,13,18H,3-6,9,11-12H2,1-2H3,(H,19,20);1H. The van der Waals surface area contributed by atoms with Gasteiger partial charge in [-0.15, -0.1) is 12.4 Å². The lowest BCUT2D eigenvalue weighted by Crippen LogP contribution is -2.29. The Hall–Kier alpha value is -1.46. The van der Waals surface area contributed by atoms with Gasteiger partial charge in [-0.3, -0.25) is 4.79 Å². The van der Waals surface area contributed by atoms with Crippen LogP contribution < -0.4 is 20.1 Å². The van der Waals surface area contributed by atoms with Gasteiger partial charge in [-0.05, 0) is 43.9 Å². The molecule has 0 saturated heterocycles. The Labute approximate surface area is 144 Å². The van der Waals surface area contributed by atoms with Gasteiger partial charge in [0.05, 0.1) is 25.9 Å². The maximum absolute atomic E-state index is 12.0. The predicted molar refractivity (Wildman–Crippen MR) is 94.9 cm³/mol. The van der Waals surface area contributed by atoms with Crippen molar-refractivity contribution in [1.82, 2.24) is 5.32 Å². The molecule has 0 radical (unpaired) electrons. The first-order valence-electron chi connectivity index (χ1n) is 8.04. The minimum absolute atomic E-state index is 0. The van der Waals surface area contributed by atoms with E-state index in [2.05, 4.69) is 17.6 Å². The normalized spacial score (nSPS) is 13.1. The van der Waals surface area contributed by atoms with Crippen LogP contribution in [0.1, 0.15) is 32.6 Å². The van der Waals surface area contributed by atoms with Gasteiger partial charge < -0.3 is 20.1 Å². The molecule has 6 heteroatoms. The van der Waals surface area contributed by atoms with E-state index in [0.29, 0.717) is 30.3 Å². The summed E-state index contributed by atoms with van der Waals surface area (Å²) < 4.78 is 11.0. The van der Waals surface area contributed by atoms with E-state index in [0.717, 1.165) is 25.3 Å². The van der Waals surface area contributed by atoms with Crippen LogP contribution in [0, 0.1) is 5.92 Å². The van der Waals surface area contributed by atoms with Crippen molar-refractivity contribution in [2.75, 3.05) is 32.1 Å². The van der Waals surface area contributed by atoms with Gasteiger partial charge in [-0.2, -0.15) is 0 Å². The van der Waals surface area contributed by atoms with Crippen LogP contribution in [0.15, 0.2) is 18.2 Å². The fraction of sp³-hybridized carbons (Fsp3) is 0.588. The summed E-state index contributed by atoms with van der Waals surface area (Å²) in [6.45, 7) is 4.00. The average Bonchev–Trinajstić information content (AvgIpc) is 3.33. The number of benzene rings is 1. The highest BCUT2D eigenvalue weighted by Crippen LogP contribution is 2.29. The third kappa shape index (κ3) is 7.10. The Morgan fingerprint density at radius 1 is 1.35 bits per heavy atom. The van der Waals surface area contributed by atoms with Gasteiger partial charge in [0.25, 0.3) is 0 Å². The summed E-state index contributed by atoms with van der Waals surface area (Å²) in [5, 5.41) is 6.08. The molecular weight excluding hydrogens is 316 g/mol. The van der Waals surface area contributed by atoms with Gasteiger partial charge in [0, 0.05) is 6.07 Å². The summed E-state index contributed by atoms with van der Waals surface area (Å²) in [5.74, 6) is 2.08. The van der Waals surface area contributed by atoms with Crippen LogP contribution in [0.3, 0.4) is 0 Å². The summed E-state index contributed by atoms with van der Waals surface area (Å²) in [6, 6.07) is 5.46. The molecule has 0 bridgehead atoms. The van der Waals surface area contributed by atoms with E-state index >= 15 is 0 Å². The van der Waals surface area contributed by atoms with Crippen molar-refractivity contribution in [3.05, 3.63) is 18.2 Å². The fourth-order valence-electron chi connectivity index (χ4n) is 2.09. The van der Waals surface area contributed by atoms with Crippen LogP contribution in [0.4, 0.5) is 5.69 Å². The number of rotatable bonds is 10. The molecule has 1 aromatic carbocycles. The first kappa shape index (κ1) is 19.6. The van der Waals surface area contributed by atoms with E-state index in [4.69, 9.17) is 9.47 Å². The van der Waals surface area contributed by atoms with Crippen molar-refractivity contribution >= 4 is 24.0 Å². The van der Waals surface area contributed by atoms with Crippen LogP contribution in [-0.2, 0) is 4.79 Å². The number of unbranched alkanes of at least 4 members (excludes halogenated alkanes) is 1. The highest BCUT2D eigenvalue weighted by atomic mass is 35.5. The topological polar surface area (TPSA) is 59.6 Å². The summed E-state index contributed by atoms with van der Waals surface area (Å²) in [5.41, 5.74) is 0.661. The summed E-state index contributed by atoms with van der Waals surface area (Å²) in [6.07, 6.45) is 4.62. The Kier molecular flexibility index (Phi) is 8.81. The van der Waals surface area contributed by atoms with E-state index in [-0.39, 0.29) is 18.3 Å². The molecule has 2 N–H and O–H groups in total. The van der Waals surface area contributed by atoms with Gasteiger partial charge in [0.2, 0.25) is 5.91 Å². The molecule has 0 heterocycles. The number of amides is 1. The Balaban J connectivity index is 0.00000264. The largest absolute Gasteiger partial charge is 0.497 e. The quantitative estimate of drug-likeness (QED) is 0.641. The van der Waals surface area contributed by atoms with Crippen molar-refractivity contribution in [2.45, 2.75) is 32.6 Å². The SMILES string of the molecule is CCCCOc1ccc(OC)cc1NC(=O)CNCC1CC1.Cl. The summed E-state index contributed by atoms with van der Waals surface area (Å²) >= 11 is 0. The summed E-state index contributed by atoms with van der Waals surface area (Å²) in [7, 11) is 1.61. The Bertz CT molecular complexity index is 493. The molecule has 0 aromatic heterocycles. The number of hydrogen-bond donors (Lipinski definition) is 2. The van der Waals surface area contributed by atoms with E-state index in [1.54, 1.807) is 13.2 Å². The van der Waals surface area contributed by atoms with E-state index < -0.39 is 0 Å². The molecule has 23 heavy (non-hydrogen) atoms. The van der Waals surface area contributed by atoms with Gasteiger partial charge in [-0.25, -0.2) is 0 Å². The number of anilines is 1. The molecular formula is C17H27ClN2O3. The van der Waals surface area contributed by atoms with Crippen LogP contribution in [-0.4, -0.2) is 32.7 Å². The van der Waals surface area contributed by atoms with Gasteiger partial charge in [0.15, 0.2) is 0 Å². The smallest absolute Gasteiger partial charge is 0.238 e. The number of halogens is 1. The lowest BCUT2D eigenvalue weighted by Gasteiger charge is -2.14. The molecule has 0 unspecified atom stereocenters. The second-order valence-electron chi connectivity index (χ2n) is 5.69. The molecule has 1 saturated carbocycles. The van der Waals surface area contributed by atoms with Crippen molar-refractivity contribution in [1.29, 1.82) is 0 Å². The molecule has 1 aromatic rings. The Morgan fingerprint density at radius 2 is 2.13 bits per heavy atom. The van der Waals surface area contributed by atoms with Gasteiger partial charge in [0.1, 0.15) is 11.5 Å². The first-order valence-corrected chi connectivity index (χ1v) is 8.04. The molecule has 130 valence electrons. The number of nitrogens with one attached hydrogen (secondary N) is 2. The number of methoxy groups -OCH3 is 1. The third-order valence-corrected chi connectivity index (χ3v) is 3.63. The molecule has 1 aliphatic rings. The molecule has 1 aliphatic carbocycles. The number of carbonyl (C=O) groups excluding carboxylic acids is 1. The number of carbonyl (C=O) groups is 1. The summed E-state index contributed by atoms with van der Waals surface area (Å²) in [4.78, 5) is 12.0. The predicted octanol–water partition coefficient (Wildman–Crippen LogP) is 3.23. The van der Waals surface area contributed by atoms with E-state index in [1.165, 1.54) is 12.8 Å². The second kappa shape index (κ2) is 10.3. The second-order valence-corrected chi connectivity index (χ2v) is 5.69. The highest BCUT2D eigenvalue weighted by molar-refractivity contribution is 5.94. The third-order valence-electron chi connectivity index (χ3n) is 3.63. The molecule has 1 amide bonds. The van der Waals surface area contributed by atoms with Crippen molar-refractivity contribution in [2.24, 2.45) is 5.92 Å². The monoisotopic (exact) mass is 342 g/mol. The highest BCUT2D eigenvalue weighted by Gasteiger charge is 2.20. The van der Waals surface area contributed by atoms with Gasteiger partial charge >= 0.3 is 0 Å². The molecule has 2 rings (SSSR count). The maximum atomic E-state index is 12.0.